The fourth-order valence-corrected chi connectivity index (χ4v) is 3.19. The SMILES string of the molecule is Cc1cccc(C)c1-n1nnnc1SC1CCOC1=O. The van der Waals surface area contributed by atoms with Gasteiger partial charge in [-0.25, -0.2) is 0 Å². The van der Waals surface area contributed by atoms with Gasteiger partial charge in [0.05, 0.1) is 12.3 Å². The molecule has 0 bridgehead atoms. The van der Waals surface area contributed by atoms with E-state index in [4.69, 9.17) is 4.74 Å². The van der Waals surface area contributed by atoms with Crippen molar-refractivity contribution in [2.45, 2.75) is 30.7 Å². The van der Waals surface area contributed by atoms with Crippen molar-refractivity contribution in [3.05, 3.63) is 29.3 Å². The van der Waals surface area contributed by atoms with Crippen molar-refractivity contribution in [1.29, 1.82) is 0 Å². The number of esters is 1. The van der Waals surface area contributed by atoms with Crippen LogP contribution in [0.25, 0.3) is 5.69 Å². The lowest BCUT2D eigenvalue weighted by molar-refractivity contribution is -0.137. The molecule has 1 unspecified atom stereocenters. The summed E-state index contributed by atoms with van der Waals surface area (Å²) in [5.74, 6) is -0.189. The van der Waals surface area contributed by atoms with Gasteiger partial charge in [-0.05, 0) is 35.4 Å². The van der Waals surface area contributed by atoms with Crippen LogP contribution in [0.15, 0.2) is 23.4 Å². The van der Waals surface area contributed by atoms with Gasteiger partial charge in [0.15, 0.2) is 0 Å². The Hall–Kier alpha value is -1.89. The van der Waals surface area contributed by atoms with Crippen molar-refractivity contribution in [2.75, 3.05) is 6.61 Å². The summed E-state index contributed by atoms with van der Waals surface area (Å²) in [6, 6.07) is 6.03. The van der Waals surface area contributed by atoms with Crippen LogP contribution in [0.4, 0.5) is 0 Å². The van der Waals surface area contributed by atoms with E-state index in [-0.39, 0.29) is 11.2 Å². The van der Waals surface area contributed by atoms with Crippen LogP contribution in [0.2, 0.25) is 0 Å². The molecule has 1 aromatic heterocycles. The molecule has 104 valence electrons. The highest BCUT2D eigenvalue weighted by Gasteiger charge is 2.30. The number of para-hydroxylation sites is 1. The average molecular weight is 290 g/mol. The van der Waals surface area contributed by atoms with E-state index in [2.05, 4.69) is 15.5 Å². The molecule has 1 atom stereocenters. The molecule has 1 saturated heterocycles. The molecule has 1 aromatic carbocycles. The van der Waals surface area contributed by atoms with E-state index in [1.54, 1.807) is 4.68 Å². The van der Waals surface area contributed by atoms with Crippen LogP contribution in [-0.2, 0) is 9.53 Å². The molecule has 2 aromatic rings. The van der Waals surface area contributed by atoms with Crippen LogP contribution in [0.5, 0.6) is 0 Å². The standard InChI is InChI=1S/C13H14N4O2S/c1-8-4-3-5-9(2)11(8)17-13(14-15-16-17)20-10-6-7-19-12(10)18/h3-5,10H,6-7H2,1-2H3. The Bertz CT molecular complexity index is 635. The molecule has 6 nitrogen and oxygen atoms in total. The summed E-state index contributed by atoms with van der Waals surface area (Å²) in [6.45, 7) is 4.51. The minimum atomic E-state index is -0.218. The summed E-state index contributed by atoms with van der Waals surface area (Å²) in [6.07, 6.45) is 0.698. The number of tetrazole rings is 1. The van der Waals surface area contributed by atoms with Gasteiger partial charge in [-0.15, -0.1) is 5.10 Å². The maximum atomic E-state index is 11.6. The molecule has 2 heterocycles. The maximum absolute atomic E-state index is 11.6. The van der Waals surface area contributed by atoms with E-state index in [1.807, 2.05) is 32.0 Å². The Kier molecular flexibility index (Phi) is 3.43. The number of hydrogen-bond acceptors (Lipinski definition) is 6. The first-order valence-corrected chi connectivity index (χ1v) is 7.23. The molecule has 1 fully saturated rings. The first-order valence-electron chi connectivity index (χ1n) is 6.35. The van der Waals surface area contributed by atoms with Gasteiger partial charge in [-0.1, -0.05) is 30.0 Å². The van der Waals surface area contributed by atoms with Crippen molar-refractivity contribution in [1.82, 2.24) is 20.2 Å². The smallest absolute Gasteiger partial charge is 0.319 e. The highest BCUT2D eigenvalue weighted by molar-refractivity contribution is 8.00. The van der Waals surface area contributed by atoms with Crippen LogP contribution < -0.4 is 0 Å². The first kappa shape index (κ1) is 13.1. The number of benzene rings is 1. The second-order valence-corrected chi connectivity index (χ2v) is 5.85. The molecule has 1 aliphatic rings. The van der Waals surface area contributed by atoms with Crippen LogP contribution in [-0.4, -0.2) is 38.0 Å². The van der Waals surface area contributed by atoms with Crippen LogP contribution >= 0.6 is 11.8 Å². The van der Waals surface area contributed by atoms with Crippen LogP contribution in [0.1, 0.15) is 17.5 Å². The molecule has 0 spiro atoms. The Labute approximate surface area is 120 Å². The number of carbonyl (C=O) groups is 1. The number of carbonyl (C=O) groups excluding carboxylic acids is 1. The van der Waals surface area contributed by atoms with Gasteiger partial charge in [0.1, 0.15) is 5.25 Å². The predicted molar refractivity (Wildman–Crippen MR) is 73.8 cm³/mol. The Morgan fingerprint density at radius 3 is 2.75 bits per heavy atom. The van der Waals surface area contributed by atoms with E-state index < -0.39 is 0 Å². The van der Waals surface area contributed by atoms with Gasteiger partial charge in [0.25, 0.3) is 0 Å². The van der Waals surface area contributed by atoms with Crippen molar-refractivity contribution >= 4 is 17.7 Å². The van der Waals surface area contributed by atoms with Gasteiger partial charge in [-0.2, -0.15) is 4.68 Å². The van der Waals surface area contributed by atoms with E-state index in [1.165, 1.54) is 11.8 Å². The molecule has 0 N–H and O–H groups in total. The normalized spacial score (nSPS) is 18.3. The summed E-state index contributed by atoms with van der Waals surface area (Å²) in [5, 5.41) is 12.2. The second-order valence-electron chi connectivity index (χ2n) is 4.68. The number of hydrogen-bond donors (Lipinski definition) is 0. The molecular weight excluding hydrogens is 276 g/mol. The predicted octanol–water partition coefficient (Wildman–Crippen LogP) is 1.69. The van der Waals surface area contributed by atoms with Gasteiger partial charge < -0.3 is 4.74 Å². The summed E-state index contributed by atoms with van der Waals surface area (Å²) >= 11 is 1.36. The van der Waals surface area contributed by atoms with Crippen LogP contribution in [0, 0.1) is 13.8 Å². The molecule has 20 heavy (non-hydrogen) atoms. The first-order chi connectivity index (χ1) is 9.66. The third kappa shape index (κ3) is 2.29. The lowest BCUT2D eigenvalue weighted by atomic mass is 10.1. The van der Waals surface area contributed by atoms with Gasteiger partial charge in [-0.3, -0.25) is 4.79 Å². The fourth-order valence-electron chi connectivity index (χ4n) is 2.24. The summed E-state index contributed by atoms with van der Waals surface area (Å²) in [7, 11) is 0. The molecule has 0 radical (unpaired) electrons. The highest BCUT2D eigenvalue weighted by atomic mass is 32.2. The van der Waals surface area contributed by atoms with E-state index in [0.29, 0.717) is 18.2 Å². The third-order valence-electron chi connectivity index (χ3n) is 3.23. The number of aromatic nitrogens is 4. The topological polar surface area (TPSA) is 69.9 Å². The van der Waals surface area contributed by atoms with Crippen molar-refractivity contribution in [3.8, 4) is 5.69 Å². The van der Waals surface area contributed by atoms with Gasteiger partial charge in [0, 0.05) is 6.42 Å². The zero-order chi connectivity index (χ0) is 14.1. The molecule has 0 saturated carbocycles. The largest absolute Gasteiger partial charge is 0.465 e. The molecular formula is C13H14N4O2S. The molecule has 0 amide bonds. The van der Waals surface area contributed by atoms with Gasteiger partial charge >= 0.3 is 5.97 Å². The highest BCUT2D eigenvalue weighted by Crippen LogP contribution is 2.30. The van der Waals surface area contributed by atoms with Crippen molar-refractivity contribution in [3.63, 3.8) is 0 Å². The second kappa shape index (κ2) is 5.24. The monoisotopic (exact) mass is 290 g/mol. The lowest BCUT2D eigenvalue weighted by Gasteiger charge is -2.11. The Morgan fingerprint density at radius 1 is 1.35 bits per heavy atom. The maximum Gasteiger partial charge on any atom is 0.319 e. The number of thioether (sulfide) groups is 1. The Morgan fingerprint density at radius 2 is 2.10 bits per heavy atom. The fraction of sp³-hybridized carbons (Fsp3) is 0.385. The minimum absolute atomic E-state index is 0.189. The van der Waals surface area contributed by atoms with E-state index in [0.717, 1.165) is 16.8 Å². The summed E-state index contributed by atoms with van der Waals surface area (Å²) in [4.78, 5) is 11.6. The minimum Gasteiger partial charge on any atom is -0.465 e. The number of cyclic esters (lactones) is 1. The van der Waals surface area contributed by atoms with E-state index in [9.17, 15) is 4.79 Å². The number of nitrogens with zero attached hydrogens (tertiary/aromatic N) is 4. The number of rotatable bonds is 3. The third-order valence-corrected chi connectivity index (χ3v) is 4.41. The van der Waals surface area contributed by atoms with Crippen LogP contribution in [0.3, 0.4) is 0 Å². The summed E-state index contributed by atoms with van der Waals surface area (Å²) in [5.41, 5.74) is 3.15. The average Bonchev–Trinajstić information content (AvgIpc) is 3.01. The zero-order valence-electron chi connectivity index (χ0n) is 11.2. The van der Waals surface area contributed by atoms with Crippen molar-refractivity contribution < 1.29 is 9.53 Å². The number of aryl methyl sites for hydroxylation is 2. The molecule has 1 aliphatic heterocycles. The Balaban J connectivity index is 1.96. The lowest BCUT2D eigenvalue weighted by Crippen LogP contribution is -2.12. The summed E-state index contributed by atoms with van der Waals surface area (Å²) < 4.78 is 6.67. The molecule has 7 heteroatoms. The van der Waals surface area contributed by atoms with Crippen molar-refractivity contribution in [2.24, 2.45) is 0 Å². The van der Waals surface area contributed by atoms with E-state index >= 15 is 0 Å². The molecule has 3 rings (SSSR count). The number of ether oxygens (including phenoxy) is 1. The molecule has 0 aliphatic carbocycles. The quantitative estimate of drug-likeness (QED) is 0.801. The van der Waals surface area contributed by atoms with Gasteiger partial charge in [0.2, 0.25) is 5.16 Å². The zero-order valence-corrected chi connectivity index (χ0v) is 12.1.